The molecule has 0 saturated carbocycles. The minimum Gasteiger partial charge on any atom is -0.389 e. The van der Waals surface area contributed by atoms with E-state index in [0.717, 1.165) is 10.9 Å². The molecule has 2 aromatic rings. The third kappa shape index (κ3) is 1.27. The van der Waals surface area contributed by atoms with Gasteiger partial charge in [-0.05, 0) is 12.1 Å². The number of fused-ring (bicyclic) bond motifs is 2. The lowest BCUT2D eigenvalue weighted by atomic mass is 10.1. The highest BCUT2D eigenvalue weighted by Gasteiger charge is 2.26. The Balaban J connectivity index is 2.30. The van der Waals surface area contributed by atoms with Crippen molar-refractivity contribution in [1.82, 2.24) is 4.98 Å². The molecule has 78 valence electrons. The van der Waals surface area contributed by atoms with Crippen LogP contribution in [0.3, 0.4) is 0 Å². The van der Waals surface area contributed by atoms with Gasteiger partial charge in [0.25, 0.3) is 0 Å². The molecule has 4 nitrogen and oxygen atoms in total. The molecule has 0 unspecified atom stereocenters. The van der Waals surface area contributed by atoms with Crippen molar-refractivity contribution in [2.75, 3.05) is 0 Å². The Bertz CT molecular complexity index is 619. The van der Waals surface area contributed by atoms with Crippen molar-refractivity contribution < 1.29 is 14.3 Å². The lowest BCUT2D eigenvalue weighted by Gasteiger charge is -2.13. The van der Waals surface area contributed by atoms with Crippen LogP contribution < -0.4 is 0 Å². The first-order chi connectivity index (χ1) is 7.74. The lowest BCUT2D eigenvalue weighted by Crippen LogP contribution is -2.23. The first kappa shape index (κ1) is 9.03. The molecule has 2 heterocycles. The van der Waals surface area contributed by atoms with Gasteiger partial charge in [0, 0.05) is 5.39 Å². The number of hydrogen-bond acceptors (Lipinski definition) is 4. The van der Waals surface area contributed by atoms with Crippen molar-refractivity contribution in [2.45, 2.75) is 6.42 Å². The molecule has 0 aliphatic carbocycles. The summed E-state index contributed by atoms with van der Waals surface area (Å²) < 4.78 is 4.54. The molecule has 1 aromatic heterocycles. The molecule has 0 radical (unpaired) electrons. The van der Waals surface area contributed by atoms with E-state index in [1.54, 1.807) is 6.07 Å². The van der Waals surface area contributed by atoms with Crippen molar-refractivity contribution in [3.8, 4) is 0 Å². The van der Waals surface area contributed by atoms with E-state index in [-0.39, 0.29) is 6.42 Å². The summed E-state index contributed by atoms with van der Waals surface area (Å²) in [6.45, 7) is 0. The maximum Gasteiger partial charge on any atom is 0.347 e. The lowest BCUT2D eigenvalue weighted by molar-refractivity contribution is -0.137. The number of rotatable bonds is 0. The fourth-order valence-electron chi connectivity index (χ4n) is 1.80. The summed E-state index contributed by atoms with van der Waals surface area (Å²) >= 11 is 0. The number of hydrogen-bond donors (Lipinski definition) is 0. The third-order valence-electron chi connectivity index (χ3n) is 2.54. The summed E-state index contributed by atoms with van der Waals surface area (Å²) in [5.41, 5.74) is 1.67. The Kier molecular flexibility index (Phi) is 1.77. The zero-order valence-electron chi connectivity index (χ0n) is 8.27. The van der Waals surface area contributed by atoms with Crippen LogP contribution in [0, 0.1) is 0 Å². The maximum absolute atomic E-state index is 11.5. The van der Waals surface area contributed by atoms with Crippen molar-refractivity contribution in [2.24, 2.45) is 0 Å². The first-order valence-corrected chi connectivity index (χ1v) is 4.88. The molecule has 1 aromatic carbocycles. The second kappa shape index (κ2) is 3.13. The summed E-state index contributed by atoms with van der Waals surface area (Å²) in [6.07, 6.45) is 0.0614. The van der Waals surface area contributed by atoms with Crippen molar-refractivity contribution in [3.63, 3.8) is 0 Å². The van der Waals surface area contributed by atoms with Gasteiger partial charge in [-0.3, -0.25) is 9.78 Å². The van der Waals surface area contributed by atoms with Gasteiger partial charge in [-0.25, -0.2) is 4.79 Å². The minimum absolute atomic E-state index is 0.0614. The third-order valence-corrected chi connectivity index (χ3v) is 2.54. The van der Waals surface area contributed by atoms with Gasteiger partial charge < -0.3 is 4.74 Å². The summed E-state index contributed by atoms with van der Waals surface area (Å²) in [5, 5.41) is 0.868. The SMILES string of the molecule is O=C1Cc2nc3ccccc3cc2C(=O)O1. The Labute approximate surface area is 90.9 Å². The van der Waals surface area contributed by atoms with Crippen LogP contribution in [0.15, 0.2) is 30.3 Å². The zero-order chi connectivity index (χ0) is 11.1. The molecular formula is C12H7NO3. The summed E-state index contributed by atoms with van der Waals surface area (Å²) in [7, 11) is 0. The molecule has 0 bridgehead atoms. The molecule has 0 N–H and O–H groups in total. The zero-order valence-corrected chi connectivity index (χ0v) is 8.27. The van der Waals surface area contributed by atoms with Crippen LogP contribution in [0.2, 0.25) is 0 Å². The van der Waals surface area contributed by atoms with Crippen molar-refractivity contribution in [3.05, 3.63) is 41.6 Å². The molecule has 16 heavy (non-hydrogen) atoms. The number of cyclic esters (lactones) is 2. The van der Waals surface area contributed by atoms with Crippen LogP contribution in [0.4, 0.5) is 0 Å². The summed E-state index contributed by atoms with van der Waals surface area (Å²) in [4.78, 5) is 26.8. The fourth-order valence-corrected chi connectivity index (χ4v) is 1.80. The smallest absolute Gasteiger partial charge is 0.347 e. The van der Waals surface area contributed by atoms with Crippen LogP contribution in [0.25, 0.3) is 10.9 Å². The Morgan fingerprint density at radius 3 is 2.88 bits per heavy atom. The molecule has 0 atom stereocenters. The number of pyridine rings is 1. The number of ether oxygens (including phenoxy) is 1. The van der Waals surface area contributed by atoms with Crippen LogP contribution >= 0.6 is 0 Å². The molecule has 3 rings (SSSR count). The Morgan fingerprint density at radius 2 is 2.00 bits per heavy atom. The molecule has 0 spiro atoms. The van der Waals surface area contributed by atoms with Crippen LogP contribution in [-0.4, -0.2) is 16.9 Å². The van der Waals surface area contributed by atoms with Gasteiger partial charge in [0.1, 0.15) is 0 Å². The number of nitrogens with zero attached hydrogens (tertiary/aromatic N) is 1. The van der Waals surface area contributed by atoms with Crippen LogP contribution in [0.1, 0.15) is 16.1 Å². The standard InChI is InChI=1S/C12H7NO3/c14-11-6-10-8(12(15)16-11)5-7-3-1-2-4-9(7)13-10/h1-5H,6H2. The summed E-state index contributed by atoms with van der Waals surface area (Å²) in [5.74, 6) is -1.15. The van der Waals surface area contributed by atoms with Crippen molar-refractivity contribution in [1.29, 1.82) is 0 Å². The predicted molar refractivity (Wildman–Crippen MR) is 55.9 cm³/mol. The molecule has 4 heteroatoms. The highest BCUT2D eigenvalue weighted by molar-refractivity contribution is 6.04. The average molecular weight is 213 g/mol. The van der Waals surface area contributed by atoms with Crippen molar-refractivity contribution >= 4 is 22.8 Å². The van der Waals surface area contributed by atoms with E-state index in [2.05, 4.69) is 9.72 Å². The molecule has 0 amide bonds. The molecule has 0 fully saturated rings. The van der Waals surface area contributed by atoms with Crippen LogP contribution in [-0.2, 0) is 16.0 Å². The van der Waals surface area contributed by atoms with E-state index >= 15 is 0 Å². The number of aromatic nitrogens is 1. The largest absolute Gasteiger partial charge is 0.389 e. The van der Waals surface area contributed by atoms with E-state index in [9.17, 15) is 9.59 Å². The Hall–Kier alpha value is -2.23. The Morgan fingerprint density at radius 1 is 1.19 bits per heavy atom. The molecule has 0 saturated heterocycles. The van der Waals surface area contributed by atoms with Gasteiger partial charge in [0.15, 0.2) is 0 Å². The first-order valence-electron chi connectivity index (χ1n) is 4.88. The quantitative estimate of drug-likeness (QED) is 0.491. The maximum atomic E-state index is 11.5. The average Bonchev–Trinajstić information content (AvgIpc) is 2.27. The highest BCUT2D eigenvalue weighted by Crippen LogP contribution is 2.21. The van der Waals surface area contributed by atoms with Gasteiger partial charge in [0.05, 0.1) is 23.2 Å². The normalized spacial score (nSPS) is 14.8. The van der Waals surface area contributed by atoms with Gasteiger partial charge >= 0.3 is 11.9 Å². The molecule has 1 aliphatic heterocycles. The second-order valence-corrected chi connectivity index (χ2v) is 3.61. The number of carbonyl (C=O) groups is 2. The van der Waals surface area contributed by atoms with E-state index in [4.69, 9.17) is 0 Å². The van der Waals surface area contributed by atoms with E-state index < -0.39 is 11.9 Å². The highest BCUT2D eigenvalue weighted by atomic mass is 16.6. The molecular weight excluding hydrogens is 206 g/mol. The second-order valence-electron chi connectivity index (χ2n) is 3.61. The summed E-state index contributed by atoms with van der Waals surface area (Å²) in [6, 6.07) is 9.17. The van der Waals surface area contributed by atoms with E-state index in [0.29, 0.717) is 11.3 Å². The number of benzene rings is 1. The number of esters is 2. The minimum atomic E-state index is -0.607. The van der Waals surface area contributed by atoms with Gasteiger partial charge in [-0.2, -0.15) is 0 Å². The van der Waals surface area contributed by atoms with E-state index in [1.807, 2.05) is 24.3 Å². The van der Waals surface area contributed by atoms with Gasteiger partial charge in [0.2, 0.25) is 0 Å². The monoisotopic (exact) mass is 213 g/mol. The topological polar surface area (TPSA) is 56.3 Å². The van der Waals surface area contributed by atoms with E-state index in [1.165, 1.54) is 0 Å². The van der Waals surface area contributed by atoms with Crippen LogP contribution in [0.5, 0.6) is 0 Å². The number of para-hydroxylation sites is 1. The fraction of sp³-hybridized carbons (Fsp3) is 0.0833. The van der Waals surface area contributed by atoms with Gasteiger partial charge in [-0.15, -0.1) is 0 Å². The predicted octanol–water partition coefficient (Wildman–Crippen LogP) is 1.47. The molecule has 1 aliphatic rings. The van der Waals surface area contributed by atoms with Gasteiger partial charge in [-0.1, -0.05) is 18.2 Å². The number of carbonyl (C=O) groups excluding carboxylic acids is 2.